The van der Waals surface area contributed by atoms with Crippen molar-refractivity contribution in [3.05, 3.63) is 109 Å². The summed E-state index contributed by atoms with van der Waals surface area (Å²) in [7, 11) is 0. The molecule has 5 N–H and O–H groups in total. The van der Waals surface area contributed by atoms with Crippen LogP contribution in [-0.2, 0) is 0 Å². The van der Waals surface area contributed by atoms with Crippen LogP contribution in [0.25, 0.3) is 22.5 Å². The minimum atomic E-state index is -0.747. The lowest BCUT2D eigenvalue weighted by molar-refractivity contribution is 0.0629. The predicted octanol–water partition coefficient (Wildman–Crippen LogP) is 5.32. The Morgan fingerprint density at radius 3 is 2.39 bits per heavy atom. The Morgan fingerprint density at radius 1 is 1.02 bits per heavy atom. The topological polar surface area (TPSA) is 136 Å². The lowest BCUT2D eigenvalue weighted by Gasteiger charge is -2.24. The molecule has 0 amide bonds. The molecule has 2 aromatic heterocycles. The summed E-state index contributed by atoms with van der Waals surface area (Å²) in [5.41, 5.74) is 2.70. The van der Waals surface area contributed by atoms with Gasteiger partial charge in [0.1, 0.15) is 29.4 Å². The number of aromatic nitrogens is 4. The van der Waals surface area contributed by atoms with E-state index < -0.39 is 17.8 Å². The lowest BCUT2D eigenvalue weighted by atomic mass is 9.92. The SMILES string of the molecule is C[C@@H](c1ccccc1)[C@@H](c1ncc(-c2ccc(I)cc2Cl)[nH]1)n1c(O)c(-c2ccc(OC(CO)CO)cc2)[nH]c1=O. The highest BCUT2D eigenvalue weighted by atomic mass is 127. The molecule has 5 rings (SSSR count). The number of nitrogens with one attached hydrogen (secondary N) is 2. The van der Waals surface area contributed by atoms with Crippen LogP contribution in [0.15, 0.2) is 83.8 Å². The number of H-pyrrole nitrogens is 2. The monoisotopic (exact) mass is 686 g/mol. The minimum absolute atomic E-state index is 0.236. The molecule has 2 heterocycles. The summed E-state index contributed by atoms with van der Waals surface area (Å²) < 4.78 is 7.84. The van der Waals surface area contributed by atoms with Crippen LogP contribution in [0.5, 0.6) is 11.6 Å². The van der Waals surface area contributed by atoms with E-state index in [1.54, 1.807) is 30.5 Å². The highest BCUT2D eigenvalue weighted by molar-refractivity contribution is 14.1. The van der Waals surface area contributed by atoms with Gasteiger partial charge in [-0.25, -0.2) is 9.78 Å². The van der Waals surface area contributed by atoms with Crippen molar-refractivity contribution in [1.29, 1.82) is 0 Å². The van der Waals surface area contributed by atoms with Gasteiger partial charge in [0.15, 0.2) is 0 Å². The molecule has 11 heteroatoms. The number of benzene rings is 3. The normalized spacial score (nSPS) is 12.9. The number of imidazole rings is 2. The second-order valence-electron chi connectivity index (χ2n) is 9.58. The van der Waals surface area contributed by atoms with Crippen LogP contribution in [-0.4, -0.2) is 54.2 Å². The van der Waals surface area contributed by atoms with Gasteiger partial charge in [0, 0.05) is 20.6 Å². The zero-order valence-electron chi connectivity index (χ0n) is 22.0. The maximum Gasteiger partial charge on any atom is 0.329 e. The molecule has 0 radical (unpaired) electrons. The first-order valence-corrected chi connectivity index (χ1v) is 14.3. The Kier molecular flexibility index (Phi) is 8.83. The molecule has 41 heavy (non-hydrogen) atoms. The van der Waals surface area contributed by atoms with Crippen LogP contribution in [0.3, 0.4) is 0 Å². The van der Waals surface area contributed by atoms with E-state index in [9.17, 15) is 20.1 Å². The first-order chi connectivity index (χ1) is 19.8. The van der Waals surface area contributed by atoms with Gasteiger partial charge in [-0.15, -0.1) is 0 Å². The summed E-state index contributed by atoms with van der Waals surface area (Å²) in [5.74, 6) is 0.400. The summed E-state index contributed by atoms with van der Waals surface area (Å²) in [4.78, 5) is 24.2. The fraction of sp³-hybridized carbons (Fsp3) is 0.200. The first-order valence-electron chi connectivity index (χ1n) is 12.9. The third-order valence-electron chi connectivity index (χ3n) is 6.93. The van der Waals surface area contributed by atoms with Gasteiger partial charge in [-0.05, 0) is 64.6 Å². The number of ether oxygens (including phenoxy) is 1. The molecule has 0 saturated carbocycles. The average molecular weight is 687 g/mol. The Morgan fingerprint density at radius 2 is 1.73 bits per heavy atom. The summed E-state index contributed by atoms with van der Waals surface area (Å²) in [6.07, 6.45) is 0.928. The Bertz CT molecular complexity index is 1680. The van der Waals surface area contributed by atoms with Crippen LogP contribution >= 0.6 is 34.2 Å². The van der Waals surface area contributed by atoms with Crippen molar-refractivity contribution in [1.82, 2.24) is 19.5 Å². The molecular weight excluding hydrogens is 659 g/mol. The quantitative estimate of drug-likeness (QED) is 0.126. The standard InChI is InChI=1S/C30H28ClIN4O5/c1-17(18-5-3-2-4-6-18)27(28-33-14-25(34-28)23-12-9-20(32)13-24(23)31)36-29(39)26(35-30(36)40)19-7-10-21(11-8-19)41-22(15-37)16-38/h2-14,17,22,27,37-39H,15-16H2,1H3,(H,33,34)(H,35,40)/t17-,27-/m0/s1. The van der Waals surface area contributed by atoms with Gasteiger partial charge in [0.05, 0.1) is 30.1 Å². The number of hydrogen-bond acceptors (Lipinski definition) is 6. The lowest BCUT2D eigenvalue weighted by Crippen LogP contribution is -2.27. The van der Waals surface area contributed by atoms with Crippen molar-refractivity contribution in [2.24, 2.45) is 0 Å². The fourth-order valence-electron chi connectivity index (χ4n) is 4.78. The number of hydrogen-bond donors (Lipinski definition) is 5. The highest BCUT2D eigenvalue weighted by Gasteiger charge is 2.31. The molecule has 0 spiro atoms. The van der Waals surface area contributed by atoms with Crippen molar-refractivity contribution >= 4 is 34.2 Å². The number of nitrogens with zero attached hydrogens (tertiary/aromatic N) is 2. The van der Waals surface area contributed by atoms with Gasteiger partial charge in [-0.3, -0.25) is 4.57 Å². The van der Waals surface area contributed by atoms with E-state index in [2.05, 4.69) is 37.5 Å². The van der Waals surface area contributed by atoms with Crippen molar-refractivity contribution in [2.45, 2.75) is 25.0 Å². The second kappa shape index (κ2) is 12.5. The fourth-order valence-corrected chi connectivity index (χ4v) is 5.73. The molecule has 0 bridgehead atoms. The number of halogens is 2. The predicted molar refractivity (Wildman–Crippen MR) is 165 cm³/mol. The van der Waals surface area contributed by atoms with Gasteiger partial charge in [-0.2, -0.15) is 0 Å². The van der Waals surface area contributed by atoms with E-state index in [1.165, 1.54) is 4.57 Å². The largest absolute Gasteiger partial charge is 0.493 e. The zero-order valence-corrected chi connectivity index (χ0v) is 24.9. The van der Waals surface area contributed by atoms with Crippen LogP contribution < -0.4 is 10.4 Å². The molecule has 0 unspecified atom stereocenters. The third kappa shape index (κ3) is 6.05. The van der Waals surface area contributed by atoms with Crippen LogP contribution in [0.2, 0.25) is 5.02 Å². The summed E-state index contributed by atoms with van der Waals surface area (Å²) in [5, 5.41) is 30.6. The van der Waals surface area contributed by atoms with Crippen LogP contribution in [0.4, 0.5) is 0 Å². The molecule has 3 aromatic carbocycles. The third-order valence-corrected chi connectivity index (χ3v) is 7.91. The van der Waals surface area contributed by atoms with Crippen LogP contribution in [0, 0.1) is 3.57 Å². The summed E-state index contributed by atoms with van der Waals surface area (Å²) in [6, 6.07) is 21.4. The molecular formula is C30H28ClIN4O5. The number of aliphatic hydroxyl groups excluding tert-OH is 2. The number of aromatic hydroxyl groups is 1. The number of aliphatic hydroxyl groups is 2. The van der Waals surface area contributed by atoms with E-state index in [0.717, 1.165) is 14.7 Å². The maximum absolute atomic E-state index is 13.4. The Hall–Kier alpha value is -3.58. The number of aromatic amines is 2. The highest BCUT2D eigenvalue weighted by Crippen LogP contribution is 2.38. The first kappa shape index (κ1) is 28.9. The Labute approximate surface area is 254 Å². The summed E-state index contributed by atoms with van der Waals surface area (Å²) >= 11 is 8.72. The van der Waals surface area contributed by atoms with E-state index >= 15 is 0 Å². The molecule has 0 saturated heterocycles. The van der Waals surface area contributed by atoms with Gasteiger partial charge in [-0.1, -0.05) is 54.9 Å². The van der Waals surface area contributed by atoms with Crippen molar-refractivity contribution in [3.8, 4) is 34.1 Å². The average Bonchev–Trinajstić information content (AvgIpc) is 3.57. The molecule has 0 aliphatic rings. The molecule has 5 aromatic rings. The Balaban J connectivity index is 1.57. The maximum atomic E-state index is 13.4. The smallest absolute Gasteiger partial charge is 0.329 e. The van der Waals surface area contributed by atoms with E-state index in [0.29, 0.717) is 27.9 Å². The van der Waals surface area contributed by atoms with Crippen molar-refractivity contribution in [3.63, 3.8) is 0 Å². The van der Waals surface area contributed by atoms with Crippen molar-refractivity contribution in [2.75, 3.05) is 13.2 Å². The molecule has 212 valence electrons. The van der Waals surface area contributed by atoms with E-state index in [1.807, 2.05) is 55.5 Å². The van der Waals surface area contributed by atoms with Gasteiger partial charge in [0.2, 0.25) is 5.88 Å². The minimum Gasteiger partial charge on any atom is -0.493 e. The van der Waals surface area contributed by atoms with Crippen molar-refractivity contribution < 1.29 is 20.1 Å². The summed E-state index contributed by atoms with van der Waals surface area (Å²) in [6.45, 7) is 1.31. The number of rotatable bonds is 10. The zero-order chi connectivity index (χ0) is 29.1. The second-order valence-corrected chi connectivity index (χ2v) is 11.2. The molecule has 0 aliphatic heterocycles. The molecule has 9 nitrogen and oxygen atoms in total. The molecule has 0 aliphatic carbocycles. The van der Waals surface area contributed by atoms with E-state index in [-0.39, 0.29) is 30.7 Å². The molecule has 0 fully saturated rings. The van der Waals surface area contributed by atoms with Gasteiger partial charge < -0.3 is 30.0 Å². The van der Waals surface area contributed by atoms with E-state index in [4.69, 9.17) is 16.3 Å². The van der Waals surface area contributed by atoms with Gasteiger partial charge in [0.25, 0.3) is 0 Å². The van der Waals surface area contributed by atoms with Gasteiger partial charge >= 0.3 is 5.69 Å². The van der Waals surface area contributed by atoms with Crippen LogP contribution in [0.1, 0.15) is 30.3 Å². The molecule has 2 atom stereocenters.